The number of hydrogen-bond donors (Lipinski definition) is 8. The maximum absolute atomic E-state index is 13.3. The van der Waals surface area contributed by atoms with Crippen molar-refractivity contribution in [3.05, 3.63) is 0 Å². The fourth-order valence-electron chi connectivity index (χ4n) is 6.62. The average Bonchev–Trinajstić information content (AvgIpc) is 3.17. The molecular weight excluding hydrogens is 761 g/mol. The smallest absolute Gasteiger partial charge is 0.224 e. The molecule has 5 amide bonds. The molecule has 0 unspecified atom stereocenters. The molecule has 11 N–H and O–H groups in total. The lowest BCUT2D eigenvalue weighted by Gasteiger charge is -2.23. The van der Waals surface area contributed by atoms with Gasteiger partial charge in [0.1, 0.15) is 6.04 Å². The van der Waals surface area contributed by atoms with Crippen molar-refractivity contribution < 1.29 is 43.5 Å². The van der Waals surface area contributed by atoms with E-state index >= 15 is 0 Å². The number of carbonyl (C=O) groups excluding carboxylic acids is 8. The van der Waals surface area contributed by atoms with E-state index < -0.39 is 84.1 Å². The van der Waals surface area contributed by atoms with E-state index in [0.29, 0.717) is 12.8 Å². The van der Waals surface area contributed by atoms with Crippen LogP contribution >= 0.6 is 0 Å². The molecule has 0 saturated carbocycles. The number of ketones is 3. The number of Topliss-reactive ketones (excluding diaryl/α,β-unsaturated/α-hetero) is 3. The highest BCUT2D eigenvalue weighted by molar-refractivity contribution is 5.97. The van der Waals surface area contributed by atoms with Gasteiger partial charge in [0.25, 0.3) is 0 Å². The Kier molecular flexibility index (Phi) is 30.0. The molecule has 0 spiro atoms. The summed E-state index contributed by atoms with van der Waals surface area (Å²) < 4.78 is 0. The Morgan fingerprint density at radius 3 is 1.64 bits per heavy atom. The molecule has 0 bridgehead atoms. The van der Waals surface area contributed by atoms with E-state index in [9.17, 15) is 43.5 Å². The van der Waals surface area contributed by atoms with Gasteiger partial charge in [-0.1, -0.05) is 90.9 Å². The Labute approximate surface area is 351 Å². The van der Waals surface area contributed by atoms with Gasteiger partial charge in [0.15, 0.2) is 23.3 Å². The molecule has 0 rings (SSSR count). The maximum Gasteiger partial charge on any atom is 0.224 e. The monoisotopic (exact) mass is 837 g/mol. The SMILES string of the molecule is CCCCCCCCCCCCCCCC(=O)N[C@H](C(=O)C[C@@H](CC(N)=O)C(=O)N[C@@H](C)C(=O)CCC(=O)N[C@@H](CCCN=C(N)N)C(=O)C[C@@H](C)C(=O)NC)[C@@H](C)O. The van der Waals surface area contributed by atoms with Crippen LogP contribution in [0.3, 0.4) is 0 Å². The number of primary amides is 1. The highest BCUT2D eigenvalue weighted by atomic mass is 16.3. The molecule has 0 aliphatic rings. The van der Waals surface area contributed by atoms with Gasteiger partial charge < -0.3 is 43.6 Å². The number of guanidine groups is 1. The number of aliphatic hydroxyl groups is 1. The molecule has 338 valence electrons. The number of aliphatic hydroxyl groups excluding tert-OH is 1. The van der Waals surface area contributed by atoms with E-state index in [1.807, 2.05) is 0 Å². The molecule has 0 heterocycles. The number of amides is 5. The summed E-state index contributed by atoms with van der Waals surface area (Å²) in [6, 6.07) is -3.41. The number of nitrogens with zero attached hydrogens (tertiary/aromatic N) is 1. The maximum atomic E-state index is 13.3. The third-order valence-corrected chi connectivity index (χ3v) is 10.2. The second-order valence-corrected chi connectivity index (χ2v) is 15.8. The number of rotatable bonds is 36. The van der Waals surface area contributed by atoms with Crippen molar-refractivity contribution in [2.24, 2.45) is 34.0 Å². The first kappa shape index (κ1) is 54.6. The largest absolute Gasteiger partial charge is 0.391 e. The summed E-state index contributed by atoms with van der Waals surface area (Å²) >= 11 is 0. The average molecular weight is 837 g/mol. The zero-order chi connectivity index (χ0) is 44.8. The summed E-state index contributed by atoms with van der Waals surface area (Å²) in [4.78, 5) is 106. The zero-order valence-electron chi connectivity index (χ0n) is 36.4. The molecule has 0 aromatic heterocycles. The van der Waals surface area contributed by atoms with Gasteiger partial charge in [-0.15, -0.1) is 0 Å². The molecule has 0 aromatic rings. The molecule has 17 nitrogen and oxygen atoms in total. The Hall–Kier alpha value is -4.41. The van der Waals surface area contributed by atoms with Crippen molar-refractivity contribution in [2.45, 2.75) is 187 Å². The van der Waals surface area contributed by atoms with Gasteiger partial charge in [-0.05, 0) is 33.1 Å². The lowest BCUT2D eigenvalue weighted by molar-refractivity contribution is -0.136. The molecular formula is C42H76N8O9. The molecule has 0 saturated heterocycles. The second-order valence-electron chi connectivity index (χ2n) is 15.8. The van der Waals surface area contributed by atoms with E-state index in [1.165, 1.54) is 78.7 Å². The quantitative estimate of drug-likeness (QED) is 0.0258. The minimum absolute atomic E-state index is 0.125. The van der Waals surface area contributed by atoms with Crippen LogP contribution in [0.4, 0.5) is 0 Å². The first-order valence-corrected chi connectivity index (χ1v) is 21.6. The van der Waals surface area contributed by atoms with Gasteiger partial charge in [0.05, 0.1) is 24.1 Å². The number of carbonyl (C=O) groups is 8. The zero-order valence-corrected chi connectivity index (χ0v) is 36.4. The second kappa shape index (κ2) is 32.4. The van der Waals surface area contributed by atoms with Crippen LogP contribution in [-0.2, 0) is 38.4 Å². The van der Waals surface area contributed by atoms with Crippen LogP contribution < -0.4 is 38.5 Å². The molecule has 0 fully saturated rings. The van der Waals surface area contributed by atoms with Crippen LogP contribution in [0.15, 0.2) is 4.99 Å². The summed E-state index contributed by atoms with van der Waals surface area (Å²) in [5, 5.41) is 20.5. The van der Waals surface area contributed by atoms with Crippen LogP contribution in [0.5, 0.6) is 0 Å². The van der Waals surface area contributed by atoms with E-state index in [2.05, 4.69) is 33.2 Å². The Bertz CT molecular complexity index is 1350. The summed E-state index contributed by atoms with van der Waals surface area (Å²) in [6.45, 7) is 6.73. The fourth-order valence-corrected chi connectivity index (χ4v) is 6.62. The van der Waals surface area contributed by atoms with E-state index in [4.69, 9.17) is 17.2 Å². The number of nitrogens with two attached hydrogens (primary N) is 3. The van der Waals surface area contributed by atoms with Crippen LogP contribution in [-0.4, -0.2) is 95.8 Å². The predicted octanol–water partition coefficient (Wildman–Crippen LogP) is 2.52. The third kappa shape index (κ3) is 27.1. The molecule has 0 aliphatic carbocycles. The molecule has 59 heavy (non-hydrogen) atoms. The van der Waals surface area contributed by atoms with Gasteiger partial charge >= 0.3 is 0 Å². The minimum Gasteiger partial charge on any atom is -0.391 e. The summed E-state index contributed by atoms with van der Waals surface area (Å²) in [5.74, 6) is -6.70. The Morgan fingerprint density at radius 1 is 0.593 bits per heavy atom. The third-order valence-electron chi connectivity index (χ3n) is 10.2. The highest BCUT2D eigenvalue weighted by Crippen LogP contribution is 2.16. The topological polar surface area (TPSA) is 295 Å². The lowest BCUT2D eigenvalue weighted by atomic mass is 9.92. The normalized spacial score (nSPS) is 14.1. The van der Waals surface area contributed by atoms with Gasteiger partial charge in [0, 0.05) is 58.0 Å². The van der Waals surface area contributed by atoms with Crippen molar-refractivity contribution in [3.63, 3.8) is 0 Å². The lowest BCUT2D eigenvalue weighted by Crippen LogP contribution is -2.49. The van der Waals surface area contributed by atoms with Crippen LogP contribution in [0.25, 0.3) is 0 Å². The number of aliphatic imine (C=N–C) groups is 1. The fraction of sp³-hybridized carbons (Fsp3) is 0.786. The van der Waals surface area contributed by atoms with Crippen molar-refractivity contribution in [1.29, 1.82) is 0 Å². The standard InChI is InChI=1S/C42H76N8O9/c1-6-7-8-9-10-11-12-13-14-15-16-17-18-21-37(56)50-39(30(4)51)35(54)26-31(27-36(43)55)41(59)48-29(3)33(52)22-23-38(57)49-32(20-19-24-47-42(44)45)34(53)25-28(2)40(58)46-5/h28-32,39,51H,6-27H2,1-5H3,(H2,43,55)(H,46,58)(H,48,59)(H,49,57)(H,50,56)(H4,44,45,47)/t28-,29+,30-,31+,32+,39+/m1/s1. The van der Waals surface area contributed by atoms with Crippen molar-refractivity contribution >= 4 is 52.8 Å². The van der Waals surface area contributed by atoms with Crippen molar-refractivity contribution in [3.8, 4) is 0 Å². The van der Waals surface area contributed by atoms with E-state index in [-0.39, 0.29) is 56.3 Å². The first-order valence-electron chi connectivity index (χ1n) is 21.6. The molecule has 0 radical (unpaired) electrons. The minimum atomic E-state index is -1.32. The number of unbranched alkanes of at least 4 members (excludes halogenated alkanes) is 12. The predicted molar refractivity (Wildman–Crippen MR) is 227 cm³/mol. The number of hydrogen-bond acceptors (Lipinski definition) is 10. The molecule has 17 heteroatoms. The molecule has 0 aliphatic heterocycles. The summed E-state index contributed by atoms with van der Waals surface area (Å²) in [6.07, 6.45) is 12.6. The van der Waals surface area contributed by atoms with E-state index in [1.54, 1.807) is 6.92 Å². The molecule has 6 atom stereocenters. The number of nitrogens with one attached hydrogen (secondary N) is 4. The Balaban J connectivity index is 5.08. The Morgan fingerprint density at radius 2 is 1.14 bits per heavy atom. The summed E-state index contributed by atoms with van der Waals surface area (Å²) in [7, 11) is 1.45. The van der Waals surface area contributed by atoms with Gasteiger partial charge in [-0.3, -0.25) is 43.3 Å². The highest BCUT2D eigenvalue weighted by Gasteiger charge is 2.32. The molecule has 0 aromatic carbocycles. The van der Waals surface area contributed by atoms with Crippen LogP contribution in [0.1, 0.15) is 163 Å². The van der Waals surface area contributed by atoms with Gasteiger partial charge in [0.2, 0.25) is 29.5 Å². The van der Waals surface area contributed by atoms with Gasteiger partial charge in [-0.2, -0.15) is 0 Å². The van der Waals surface area contributed by atoms with Crippen LogP contribution in [0, 0.1) is 11.8 Å². The van der Waals surface area contributed by atoms with Crippen molar-refractivity contribution in [2.75, 3.05) is 13.6 Å². The van der Waals surface area contributed by atoms with Crippen LogP contribution in [0.2, 0.25) is 0 Å². The summed E-state index contributed by atoms with van der Waals surface area (Å²) in [5.41, 5.74) is 16.1. The van der Waals surface area contributed by atoms with Crippen molar-refractivity contribution in [1.82, 2.24) is 21.3 Å². The van der Waals surface area contributed by atoms with E-state index in [0.717, 1.165) is 19.3 Å². The first-order chi connectivity index (χ1) is 27.9. The van der Waals surface area contributed by atoms with Gasteiger partial charge in [-0.25, -0.2) is 0 Å².